The summed E-state index contributed by atoms with van der Waals surface area (Å²) in [5, 5.41) is 0.521. The predicted octanol–water partition coefficient (Wildman–Crippen LogP) is 1.66. The first-order valence-electron chi connectivity index (χ1n) is 4.53. The molecule has 0 bridgehead atoms. The van der Waals surface area contributed by atoms with Crippen molar-refractivity contribution in [3.8, 4) is 0 Å². The van der Waals surface area contributed by atoms with Gasteiger partial charge in [0.2, 0.25) is 0 Å². The molecule has 0 aliphatic carbocycles. The van der Waals surface area contributed by atoms with E-state index in [1.807, 2.05) is 0 Å². The molecule has 1 atom stereocenters. The smallest absolute Gasteiger partial charge is 0.187 e. The summed E-state index contributed by atoms with van der Waals surface area (Å²) in [5.41, 5.74) is 0. The van der Waals surface area contributed by atoms with Crippen LogP contribution in [-0.2, 0) is 4.74 Å². The summed E-state index contributed by atoms with van der Waals surface area (Å²) in [6.45, 7) is 2.78. The molecule has 2 rings (SSSR count). The highest BCUT2D eigenvalue weighted by molar-refractivity contribution is 6.99. The van der Waals surface area contributed by atoms with E-state index in [-0.39, 0.29) is 0 Å². The van der Waals surface area contributed by atoms with E-state index in [2.05, 4.69) is 13.6 Å². The number of anilines is 1. The molecule has 0 spiro atoms. The van der Waals surface area contributed by atoms with Crippen molar-refractivity contribution in [3.05, 3.63) is 5.15 Å². The van der Waals surface area contributed by atoms with Crippen molar-refractivity contribution in [2.24, 2.45) is 5.92 Å². The summed E-state index contributed by atoms with van der Waals surface area (Å²) < 4.78 is 13.3. The van der Waals surface area contributed by atoms with E-state index < -0.39 is 0 Å². The van der Waals surface area contributed by atoms with Gasteiger partial charge in [-0.05, 0) is 6.42 Å². The lowest BCUT2D eigenvalue weighted by Crippen LogP contribution is -2.21. The Morgan fingerprint density at radius 3 is 3.14 bits per heavy atom. The molecule has 0 aromatic carbocycles. The molecule has 2 heterocycles. The minimum atomic E-state index is 0.521. The van der Waals surface area contributed by atoms with E-state index in [1.54, 1.807) is 7.11 Å². The average molecular weight is 234 g/mol. The molecule has 1 aromatic heterocycles. The number of rotatable bonds is 3. The average Bonchev–Trinajstić information content (AvgIpc) is 2.74. The van der Waals surface area contributed by atoms with Crippen LogP contribution in [0, 0.1) is 5.92 Å². The Bertz CT molecular complexity index is 307. The van der Waals surface area contributed by atoms with Gasteiger partial charge in [0.05, 0.1) is 18.3 Å². The van der Waals surface area contributed by atoms with Crippen LogP contribution in [0.15, 0.2) is 0 Å². The number of methoxy groups -OCH3 is 1. The Balaban J connectivity index is 1.99. The Morgan fingerprint density at radius 2 is 2.50 bits per heavy atom. The third-order valence-electron chi connectivity index (χ3n) is 2.42. The molecule has 0 saturated carbocycles. The topological polar surface area (TPSA) is 38.2 Å². The molecule has 0 radical (unpaired) electrons. The van der Waals surface area contributed by atoms with Gasteiger partial charge in [-0.2, -0.15) is 8.75 Å². The Hall–Kier alpha value is -0.390. The third-order valence-corrected chi connectivity index (χ3v) is 3.29. The first-order chi connectivity index (χ1) is 6.81. The second kappa shape index (κ2) is 4.42. The summed E-state index contributed by atoms with van der Waals surface area (Å²) in [6, 6.07) is 0. The fourth-order valence-corrected chi connectivity index (χ4v) is 2.54. The van der Waals surface area contributed by atoms with Gasteiger partial charge in [0, 0.05) is 26.1 Å². The molecule has 14 heavy (non-hydrogen) atoms. The Kier molecular flexibility index (Phi) is 3.20. The van der Waals surface area contributed by atoms with E-state index in [1.165, 1.54) is 0 Å². The second-order valence-corrected chi connectivity index (χ2v) is 4.32. The molecular formula is C8H12ClN3OS. The standard InChI is InChI=1S/C8H12ClN3OS/c1-13-5-6-2-3-12(4-6)8-7(9)10-14-11-8/h6H,2-5H2,1H3. The lowest BCUT2D eigenvalue weighted by atomic mass is 10.1. The van der Waals surface area contributed by atoms with E-state index in [9.17, 15) is 0 Å². The number of nitrogens with zero attached hydrogens (tertiary/aromatic N) is 3. The van der Waals surface area contributed by atoms with Crippen LogP contribution in [0.1, 0.15) is 6.42 Å². The van der Waals surface area contributed by atoms with Gasteiger partial charge >= 0.3 is 0 Å². The molecule has 1 saturated heterocycles. The Labute approximate surface area is 92.2 Å². The fourth-order valence-electron chi connectivity index (χ4n) is 1.76. The van der Waals surface area contributed by atoms with E-state index >= 15 is 0 Å². The van der Waals surface area contributed by atoms with E-state index in [0.29, 0.717) is 11.1 Å². The largest absolute Gasteiger partial charge is 0.384 e. The van der Waals surface area contributed by atoms with Gasteiger partial charge in [-0.25, -0.2) is 0 Å². The molecule has 1 fully saturated rings. The molecule has 0 amide bonds. The first kappa shape index (κ1) is 10.1. The van der Waals surface area contributed by atoms with Gasteiger partial charge in [-0.3, -0.25) is 0 Å². The van der Waals surface area contributed by atoms with Crippen molar-refractivity contribution in [1.82, 2.24) is 8.75 Å². The van der Waals surface area contributed by atoms with E-state index in [0.717, 1.165) is 43.7 Å². The van der Waals surface area contributed by atoms with Crippen LogP contribution in [0.4, 0.5) is 5.82 Å². The van der Waals surface area contributed by atoms with Crippen LogP contribution in [0.5, 0.6) is 0 Å². The minimum Gasteiger partial charge on any atom is -0.384 e. The van der Waals surface area contributed by atoms with E-state index in [4.69, 9.17) is 16.3 Å². The zero-order valence-corrected chi connectivity index (χ0v) is 9.51. The minimum absolute atomic E-state index is 0.521. The number of hydrogen-bond acceptors (Lipinski definition) is 5. The highest BCUT2D eigenvalue weighted by atomic mass is 35.5. The summed E-state index contributed by atoms with van der Waals surface area (Å²) in [6.07, 6.45) is 1.14. The molecule has 6 heteroatoms. The third kappa shape index (κ3) is 1.99. The number of hydrogen-bond donors (Lipinski definition) is 0. The summed E-state index contributed by atoms with van der Waals surface area (Å²) >= 11 is 7.07. The van der Waals surface area contributed by atoms with Gasteiger partial charge < -0.3 is 9.64 Å². The molecule has 0 N–H and O–H groups in total. The van der Waals surface area contributed by atoms with Crippen molar-refractivity contribution in [3.63, 3.8) is 0 Å². The molecule has 4 nitrogen and oxygen atoms in total. The number of ether oxygens (including phenoxy) is 1. The SMILES string of the molecule is COCC1CCN(c2nsnc2Cl)C1. The maximum atomic E-state index is 5.91. The van der Waals surface area contributed by atoms with Gasteiger partial charge in [-0.15, -0.1) is 0 Å². The van der Waals surface area contributed by atoms with Gasteiger partial charge in [0.15, 0.2) is 11.0 Å². The van der Waals surface area contributed by atoms with Crippen molar-refractivity contribution in [2.45, 2.75) is 6.42 Å². The van der Waals surface area contributed by atoms with Crippen LogP contribution in [-0.4, -0.2) is 35.6 Å². The highest BCUT2D eigenvalue weighted by Crippen LogP contribution is 2.28. The molecular weight excluding hydrogens is 222 g/mol. The quantitative estimate of drug-likeness (QED) is 0.796. The zero-order valence-electron chi connectivity index (χ0n) is 7.94. The van der Waals surface area contributed by atoms with Crippen LogP contribution >= 0.6 is 23.3 Å². The normalized spacial score (nSPS) is 21.9. The molecule has 1 aliphatic heterocycles. The molecule has 1 aromatic rings. The summed E-state index contributed by atoms with van der Waals surface area (Å²) in [5.74, 6) is 1.42. The summed E-state index contributed by atoms with van der Waals surface area (Å²) in [4.78, 5) is 2.18. The van der Waals surface area contributed by atoms with Crippen LogP contribution < -0.4 is 4.90 Å². The van der Waals surface area contributed by atoms with Gasteiger partial charge in [0.25, 0.3) is 0 Å². The van der Waals surface area contributed by atoms with Crippen LogP contribution in [0.3, 0.4) is 0 Å². The van der Waals surface area contributed by atoms with Crippen LogP contribution in [0.25, 0.3) is 0 Å². The van der Waals surface area contributed by atoms with Crippen LogP contribution in [0.2, 0.25) is 5.15 Å². The number of halogens is 1. The monoisotopic (exact) mass is 233 g/mol. The van der Waals surface area contributed by atoms with Crippen molar-refractivity contribution in [1.29, 1.82) is 0 Å². The molecule has 1 aliphatic rings. The van der Waals surface area contributed by atoms with Gasteiger partial charge in [-0.1, -0.05) is 11.6 Å². The van der Waals surface area contributed by atoms with Gasteiger partial charge in [0.1, 0.15) is 0 Å². The summed E-state index contributed by atoms with van der Waals surface area (Å²) in [7, 11) is 1.74. The zero-order chi connectivity index (χ0) is 9.97. The fraction of sp³-hybridized carbons (Fsp3) is 0.750. The lowest BCUT2D eigenvalue weighted by Gasteiger charge is -2.14. The molecule has 1 unspecified atom stereocenters. The Morgan fingerprint density at radius 1 is 1.64 bits per heavy atom. The number of aromatic nitrogens is 2. The highest BCUT2D eigenvalue weighted by Gasteiger charge is 2.25. The van der Waals surface area contributed by atoms with Crippen molar-refractivity contribution in [2.75, 3.05) is 31.7 Å². The maximum Gasteiger partial charge on any atom is 0.187 e. The van der Waals surface area contributed by atoms with Crippen molar-refractivity contribution >= 4 is 29.1 Å². The van der Waals surface area contributed by atoms with Crippen molar-refractivity contribution < 1.29 is 4.74 Å². The lowest BCUT2D eigenvalue weighted by molar-refractivity contribution is 0.161. The molecule has 78 valence electrons. The first-order valence-corrected chi connectivity index (χ1v) is 5.64. The second-order valence-electron chi connectivity index (χ2n) is 3.43. The maximum absolute atomic E-state index is 5.91. The predicted molar refractivity (Wildman–Crippen MR) is 57.1 cm³/mol.